The summed E-state index contributed by atoms with van der Waals surface area (Å²) in [4.78, 5) is 22.8. The fourth-order valence-electron chi connectivity index (χ4n) is 4.58. The molecule has 0 aromatic heterocycles. The number of hydrogen-bond donors (Lipinski definition) is 2. The number of halogens is 3. The second-order valence-corrected chi connectivity index (χ2v) is 14.9. The second kappa shape index (κ2) is 20.0. The smallest absolute Gasteiger partial charge is 0.252 e. The third kappa shape index (κ3) is 12.8. The Balaban J connectivity index is 0.000000295. The average Bonchev–Trinajstić information content (AvgIpc) is 3.12. The molecule has 0 heterocycles. The van der Waals surface area contributed by atoms with Crippen molar-refractivity contribution in [2.45, 2.75) is 24.6 Å². The molecular formula is C40H37Cl3N2O6S2. The van der Waals surface area contributed by atoms with Crippen molar-refractivity contribution in [1.29, 1.82) is 0 Å². The van der Waals surface area contributed by atoms with E-state index in [0.717, 1.165) is 17.2 Å². The van der Waals surface area contributed by atoms with Gasteiger partial charge in [0.05, 0.1) is 10.0 Å². The van der Waals surface area contributed by atoms with Gasteiger partial charge in [0, 0.05) is 16.7 Å². The molecule has 13 heteroatoms. The Kier molecular flexibility index (Phi) is 16.8. The molecule has 53 heavy (non-hydrogen) atoms. The van der Waals surface area contributed by atoms with E-state index in [1.54, 1.807) is 12.1 Å². The van der Waals surface area contributed by atoms with Crippen LogP contribution in [0.2, 0.25) is 10.0 Å². The predicted octanol–water partition coefficient (Wildman–Crippen LogP) is 9.88. The summed E-state index contributed by atoms with van der Waals surface area (Å²) in [6, 6.07) is 45.3. The van der Waals surface area contributed by atoms with E-state index in [1.807, 2.05) is 54.6 Å². The molecule has 0 radical (unpaired) electrons. The fraction of sp³-hybridized carbons (Fsp3) is 0.0500. The standard InChI is InChI=1S/C19H14ClNO3S.C12H10.C7H5Cl2NO3S.2CH4/c20-17-11-10-16(12-18(17)25(21,23)24)19(22)15-8-6-14(7-9-15)13-4-2-1-3-5-13;1-3-7-11(8-4-1)12-9-5-2-6-10-12;8-5-2-1-4(7(9)11)3-6(5)14(10,12)13;;/h1-12H,(H2,21,23,24);1-10H;1-3H,(H2,10,12,13);2*1H4. The van der Waals surface area contributed by atoms with Gasteiger partial charge >= 0.3 is 0 Å². The highest BCUT2D eigenvalue weighted by molar-refractivity contribution is 7.89. The monoisotopic (exact) mass is 810 g/mol. The molecular weight excluding hydrogens is 775 g/mol. The van der Waals surface area contributed by atoms with Gasteiger partial charge in [0.2, 0.25) is 20.0 Å². The normalized spacial score (nSPS) is 10.5. The zero-order chi connectivity index (χ0) is 37.2. The highest BCUT2D eigenvalue weighted by Crippen LogP contribution is 2.25. The Bertz CT molecular complexity index is 2320. The summed E-state index contributed by atoms with van der Waals surface area (Å²) in [7, 11) is -7.93. The van der Waals surface area contributed by atoms with Crippen molar-refractivity contribution in [1.82, 2.24) is 0 Å². The van der Waals surface area contributed by atoms with Crippen LogP contribution in [0.3, 0.4) is 0 Å². The topological polar surface area (TPSA) is 154 Å². The Morgan fingerprint density at radius 2 is 0.736 bits per heavy atom. The lowest BCUT2D eigenvalue weighted by Crippen LogP contribution is -2.14. The molecule has 0 saturated heterocycles. The summed E-state index contributed by atoms with van der Waals surface area (Å²) in [5, 5.41) is 9.15. The van der Waals surface area contributed by atoms with Crippen LogP contribution >= 0.6 is 34.8 Å². The van der Waals surface area contributed by atoms with Crippen LogP contribution in [0, 0.1) is 0 Å². The molecule has 0 atom stereocenters. The fourth-order valence-corrected chi connectivity index (χ4v) is 6.84. The van der Waals surface area contributed by atoms with E-state index in [4.69, 9.17) is 45.1 Å². The van der Waals surface area contributed by atoms with Crippen LogP contribution in [-0.4, -0.2) is 27.9 Å². The van der Waals surface area contributed by atoms with Crippen molar-refractivity contribution in [2.24, 2.45) is 10.3 Å². The van der Waals surface area contributed by atoms with Crippen molar-refractivity contribution >= 4 is 65.9 Å². The lowest BCUT2D eigenvalue weighted by atomic mass is 9.99. The maximum atomic E-state index is 12.6. The molecule has 0 spiro atoms. The first-order valence-electron chi connectivity index (χ1n) is 14.8. The van der Waals surface area contributed by atoms with Crippen LogP contribution in [0.4, 0.5) is 0 Å². The zero-order valence-electron chi connectivity index (χ0n) is 26.5. The Morgan fingerprint density at radius 3 is 1.08 bits per heavy atom. The number of carbonyl (C=O) groups excluding carboxylic acids is 2. The summed E-state index contributed by atoms with van der Waals surface area (Å²) in [6.45, 7) is 0. The summed E-state index contributed by atoms with van der Waals surface area (Å²) in [6.07, 6.45) is 0. The van der Waals surface area contributed by atoms with E-state index in [0.29, 0.717) is 5.56 Å². The molecule has 0 fully saturated rings. The van der Waals surface area contributed by atoms with Crippen LogP contribution in [0.5, 0.6) is 0 Å². The SMILES string of the molecule is C.C.NS(=O)(=O)c1cc(C(=O)Cl)ccc1Cl.NS(=O)(=O)c1cc(C(=O)c2ccc(-c3ccccc3)cc2)ccc1Cl.c1ccc(-c2ccccc2)cc1. The van der Waals surface area contributed by atoms with Gasteiger partial charge in [0.25, 0.3) is 5.24 Å². The van der Waals surface area contributed by atoms with Gasteiger partial charge in [-0.25, -0.2) is 27.1 Å². The number of primary sulfonamides is 2. The Morgan fingerprint density at radius 1 is 0.434 bits per heavy atom. The average molecular weight is 812 g/mol. The minimum Gasteiger partial charge on any atom is -0.289 e. The molecule has 276 valence electrons. The first-order valence-corrected chi connectivity index (χ1v) is 19.0. The van der Waals surface area contributed by atoms with E-state index < -0.39 is 25.3 Å². The van der Waals surface area contributed by atoms with Gasteiger partial charge in [-0.05, 0) is 70.3 Å². The molecule has 0 saturated carbocycles. The molecule has 0 amide bonds. The molecule has 8 nitrogen and oxygen atoms in total. The first kappa shape index (κ1) is 44.5. The number of rotatable bonds is 7. The molecule has 0 aliphatic carbocycles. The number of hydrogen-bond acceptors (Lipinski definition) is 6. The van der Waals surface area contributed by atoms with Gasteiger partial charge in [-0.3, -0.25) is 9.59 Å². The summed E-state index contributed by atoms with van der Waals surface area (Å²) in [5.74, 6) is -0.304. The van der Waals surface area contributed by atoms with E-state index in [9.17, 15) is 26.4 Å². The van der Waals surface area contributed by atoms with Crippen molar-refractivity contribution in [3.05, 3.63) is 178 Å². The Hall–Kier alpha value is -4.65. The largest absolute Gasteiger partial charge is 0.289 e. The maximum Gasteiger partial charge on any atom is 0.252 e. The van der Waals surface area contributed by atoms with Gasteiger partial charge < -0.3 is 0 Å². The van der Waals surface area contributed by atoms with E-state index in [1.165, 1.54) is 41.5 Å². The van der Waals surface area contributed by atoms with E-state index >= 15 is 0 Å². The lowest BCUT2D eigenvalue weighted by Gasteiger charge is -2.07. The predicted molar refractivity (Wildman–Crippen MR) is 216 cm³/mol. The summed E-state index contributed by atoms with van der Waals surface area (Å²) < 4.78 is 45.0. The van der Waals surface area contributed by atoms with Crippen molar-refractivity contribution in [3.63, 3.8) is 0 Å². The number of sulfonamides is 2. The molecule has 0 aliphatic rings. The molecule has 0 aliphatic heterocycles. The van der Waals surface area contributed by atoms with Crippen LogP contribution in [-0.2, 0) is 20.0 Å². The summed E-state index contributed by atoms with van der Waals surface area (Å²) in [5.41, 5.74) is 5.27. The number of nitrogens with two attached hydrogens (primary N) is 2. The molecule has 6 rings (SSSR count). The van der Waals surface area contributed by atoms with Crippen LogP contribution < -0.4 is 10.3 Å². The van der Waals surface area contributed by atoms with Crippen LogP contribution in [0.15, 0.2) is 161 Å². The highest BCUT2D eigenvalue weighted by Gasteiger charge is 2.18. The minimum atomic E-state index is -4.00. The highest BCUT2D eigenvalue weighted by atomic mass is 35.5. The third-order valence-electron chi connectivity index (χ3n) is 7.10. The number of ketones is 1. The molecule has 6 aromatic carbocycles. The van der Waals surface area contributed by atoms with Gasteiger partial charge in [-0.1, -0.05) is 153 Å². The molecule has 0 bridgehead atoms. The third-order valence-corrected chi connectivity index (χ3v) is 10.1. The van der Waals surface area contributed by atoms with Gasteiger partial charge in [-0.15, -0.1) is 0 Å². The van der Waals surface area contributed by atoms with Gasteiger partial charge in [0.1, 0.15) is 9.79 Å². The van der Waals surface area contributed by atoms with Crippen LogP contribution in [0.1, 0.15) is 41.1 Å². The van der Waals surface area contributed by atoms with Gasteiger partial charge in [-0.2, -0.15) is 0 Å². The molecule has 0 unspecified atom stereocenters. The lowest BCUT2D eigenvalue weighted by molar-refractivity contribution is 0.103. The van der Waals surface area contributed by atoms with E-state index in [2.05, 4.69) is 48.5 Å². The first-order chi connectivity index (χ1) is 24.1. The Labute approximate surface area is 326 Å². The van der Waals surface area contributed by atoms with Crippen molar-refractivity contribution in [3.8, 4) is 22.3 Å². The van der Waals surface area contributed by atoms with Crippen molar-refractivity contribution in [2.75, 3.05) is 0 Å². The van der Waals surface area contributed by atoms with Crippen LogP contribution in [0.25, 0.3) is 22.3 Å². The number of benzene rings is 6. The van der Waals surface area contributed by atoms with Crippen molar-refractivity contribution < 1.29 is 26.4 Å². The minimum absolute atomic E-state index is 0. The molecule has 4 N–H and O–H groups in total. The second-order valence-electron chi connectivity index (χ2n) is 10.7. The zero-order valence-corrected chi connectivity index (χ0v) is 30.4. The number of carbonyl (C=O) groups is 2. The maximum absolute atomic E-state index is 12.6. The van der Waals surface area contributed by atoms with Gasteiger partial charge in [0.15, 0.2) is 5.78 Å². The quantitative estimate of drug-likeness (QED) is 0.121. The molecule has 6 aromatic rings. The van der Waals surface area contributed by atoms with E-state index in [-0.39, 0.29) is 51.6 Å². The summed E-state index contributed by atoms with van der Waals surface area (Å²) >= 11 is 16.6.